The third-order valence-corrected chi connectivity index (χ3v) is 4.43. The molecule has 0 saturated carbocycles. The molecule has 0 N–H and O–H groups in total. The Labute approximate surface area is 111 Å². The van der Waals surface area contributed by atoms with Gasteiger partial charge in [-0.25, -0.2) is 0 Å². The molecule has 0 nitrogen and oxygen atoms in total. The quantitative estimate of drug-likeness (QED) is 0.453. The Kier molecular flexibility index (Phi) is 9.00. The van der Waals surface area contributed by atoms with Crippen molar-refractivity contribution in [3.8, 4) is 0 Å². The van der Waals surface area contributed by atoms with E-state index < -0.39 is 0 Å². The molecule has 0 amide bonds. The van der Waals surface area contributed by atoms with Crippen molar-refractivity contribution in [2.75, 3.05) is 0 Å². The second kappa shape index (κ2) is 9.00. The minimum absolute atomic E-state index is 0.854. The maximum absolute atomic E-state index is 2.46. The van der Waals surface area contributed by atoms with Gasteiger partial charge in [0.1, 0.15) is 0 Å². The van der Waals surface area contributed by atoms with Crippen LogP contribution in [-0.4, -0.2) is 0 Å². The first-order valence-corrected chi connectivity index (χ1v) is 7.86. The summed E-state index contributed by atoms with van der Waals surface area (Å²) < 4.78 is 0. The van der Waals surface area contributed by atoms with Crippen LogP contribution in [0, 0.1) is 29.6 Å². The molecule has 0 rings (SSSR count). The molecule has 0 aromatic heterocycles. The standard InChI is InChI=1S/C17H36/c1-8-14(4)9-10-16(6)17(7)12-15(5)11-13(2)3/h13-17H,8-12H2,1-7H3. The zero-order valence-corrected chi connectivity index (χ0v) is 13.4. The highest BCUT2D eigenvalue weighted by Gasteiger charge is 2.16. The molecule has 0 radical (unpaired) electrons. The Balaban J connectivity index is 3.84. The van der Waals surface area contributed by atoms with Crippen LogP contribution < -0.4 is 0 Å². The fourth-order valence-corrected chi connectivity index (χ4v) is 2.80. The van der Waals surface area contributed by atoms with Gasteiger partial charge in [0.05, 0.1) is 0 Å². The second-order valence-corrected chi connectivity index (χ2v) is 7.02. The van der Waals surface area contributed by atoms with E-state index in [1.54, 1.807) is 0 Å². The van der Waals surface area contributed by atoms with Crippen LogP contribution in [0.1, 0.15) is 80.6 Å². The first-order chi connectivity index (χ1) is 7.86. The fourth-order valence-electron chi connectivity index (χ4n) is 2.80. The van der Waals surface area contributed by atoms with E-state index in [1.807, 2.05) is 0 Å². The molecule has 4 unspecified atom stereocenters. The van der Waals surface area contributed by atoms with Crippen molar-refractivity contribution >= 4 is 0 Å². The maximum atomic E-state index is 2.46. The molecular formula is C17H36. The minimum Gasteiger partial charge on any atom is -0.0651 e. The van der Waals surface area contributed by atoms with E-state index >= 15 is 0 Å². The minimum atomic E-state index is 0.854. The molecule has 0 aromatic rings. The lowest BCUT2D eigenvalue weighted by Crippen LogP contribution is -2.14. The summed E-state index contributed by atoms with van der Waals surface area (Å²) in [7, 11) is 0. The van der Waals surface area contributed by atoms with E-state index in [9.17, 15) is 0 Å². The van der Waals surface area contributed by atoms with Crippen molar-refractivity contribution in [3.05, 3.63) is 0 Å². The third kappa shape index (κ3) is 8.69. The zero-order valence-electron chi connectivity index (χ0n) is 13.4. The Hall–Kier alpha value is 0. The van der Waals surface area contributed by atoms with Gasteiger partial charge in [-0.2, -0.15) is 0 Å². The lowest BCUT2D eigenvalue weighted by Gasteiger charge is -2.25. The van der Waals surface area contributed by atoms with Crippen molar-refractivity contribution in [1.82, 2.24) is 0 Å². The summed E-state index contributed by atoms with van der Waals surface area (Å²) in [5.41, 5.74) is 0. The molecular weight excluding hydrogens is 204 g/mol. The molecule has 0 aliphatic carbocycles. The molecule has 0 aliphatic heterocycles. The predicted octanol–water partition coefficient (Wildman–Crippen LogP) is 6.16. The van der Waals surface area contributed by atoms with Crippen LogP contribution in [0.15, 0.2) is 0 Å². The van der Waals surface area contributed by atoms with Gasteiger partial charge in [-0.3, -0.25) is 0 Å². The molecule has 0 saturated heterocycles. The Morgan fingerprint density at radius 1 is 0.647 bits per heavy atom. The predicted molar refractivity (Wildman–Crippen MR) is 80.3 cm³/mol. The summed E-state index contributed by atoms with van der Waals surface area (Å²) >= 11 is 0. The number of hydrogen-bond donors (Lipinski definition) is 0. The Bertz CT molecular complexity index is 171. The van der Waals surface area contributed by atoms with E-state index in [-0.39, 0.29) is 0 Å². The summed E-state index contributed by atoms with van der Waals surface area (Å²) in [5, 5.41) is 0. The van der Waals surface area contributed by atoms with Gasteiger partial charge in [-0.15, -0.1) is 0 Å². The zero-order chi connectivity index (χ0) is 13.4. The van der Waals surface area contributed by atoms with Crippen molar-refractivity contribution in [3.63, 3.8) is 0 Å². The van der Waals surface area contributed by atoms with Crippen LogP contribution >= 0.6 is 0 Å². The van der Waals surface area contributed by atoms with Crippen LogP contribution in [0.3, 0.4) is 0 Å². The summed E-state index contributed by atoms with van der Waals surface area (Å²) in [6.45, 7) is 16.7. The lowest BCUT2D eigenvalue weighted by molar-refractivity contribution is 0.264. The highest BCUT2D eigenvalue weighted by atomic mass is 14.2. The first-order valence-electron chi connectivity index (χ1n) is 7.86. The topological polar surface area (TPSA) is 0 Å². The Morgan fingerprint density at radius 2 is 1.24 bits per heavy atom. The van der Waals surface area contributed by atoms with Crippen molar-refractivity contribution in [2.24, 2.45) is 29.6 Å². The van der Waals surface area contributed by atoms with Crippen molar-refractivity contribution < 1.29 is 0 Å². The first kappa shape index (κ1) is 17.0. The molecule has 0 heterocycles. The molecule has 0 aliphatic rings. The molecule has 0 aromatic carbocycles. The largest absolute Gasteiger partial charge is 0.0651 e. The Morgan fingerprint density at radius 3 is 1.71 bits per heavy atom. The van der Waals surface area contributed by atoms with E-state index in [0.717, 1.165) is 29.6 Å². The fraction of sp³-hybridized carbons (Fsp3) is 1.00. The van der Waals surface area contributed by atoms with Gasteiger partial charge in [0.25, 0.3) is 0 Å². The summed E-state index contributed by atoms with van der Waals surface area (Å²) in [4.78, 5) is 0. The van der Waals surface area contributed by atoms with Gasteiger partial charge in [0.15, 0.2) is 0 Å². The van der Waals surface area contributed by atoms with E-state index in [1.165, 1.54) is 32.1 Å². The molecule has 17 heavy (non-hydrogen) atoms. The monoisotopic (exact) mass is 240 g/mol. The highest BCUT2D eigenvalue weighted by molar-refractivity contribution is 4.68. The van der Waals surface area contributed by atoms with Crippen LogP contribution in [-0.2, 0) is 0 Å². The van der Waals surface area contributed by atoms with Crippen LogP contribution in [0.4, 0.5) is 0 Å². The van der Waals surface area contributed by atoms with Gasteiger partial charge < -0.3 is 0 Å². The molecule has 0 fully saturated rings. The second-order valence-electron chi connectivity index (χ2n) is 7.02. The number of hydrogen-bond acceptors (Lipinski definition) is 0. The molecule has 0 spiro atoms. The van der Waals surface area contributed by atoms with Gasteiger partial charge in [0, 0.05) is 0 Å². The third-order valence-electron chi connectivity index (χ3n) is 4.43. The van der Waals surface area contributed by atoms with Gasteiger partial charge in [0.2, 0.25) is 0 Å². The molecule has 104 valence electrons. The lowest BCUT2D eigenvalue weighted by atomic mass is 9.81. The van der Waals surface area contributed by atoms with Gasteiger partial charge in [-0.05, 0) is 42.4 Å². The molecule has 4 atom stereocenters. The average molecular weight is 240 g/mol. The van der Waals surface area contributed by atoms with Crippen LogP contribution in [0.25, 0.3) is 0 Å². The average Bonchev–Trinajstić information content (AvgIpc) is 2.23. The van der Waals surface area contributed by atoms with Crippen LogP contribution in [0.2, 0.25) is 0 Å². The maximum Gasteiger partial charge on any atom is -0.0414 e. The van der Waals surface area contributed by atoms with Crippen LogP contribution in [0.5, 0.6) is 0 Å². The highest BCUT2D eigenvalue weighted by Crippen LogP contribution is 2.28. The SMILES string of the molecule is CCC(C)CCC(C)C(C)CC(C)CC(C)C. The molecule has 0 bridgehead atoms. The van der Waals surface area contributed by atoms with E-state index in [0.29, 0.717) is 0 Å². The van der Waals surface area contributed by atoms with E-state index in [4.69, 9.17) is 0 Å². The number of rotatable bonds is 9. The normalized spacial score (nSPS) is 19.1. The summed E-state index contributed by atoms with van der Waals surface area (Å²) in [6, 6.07) is 0. The molecule has 0 heteroatoms. The van der Waals surface area contributed by atoms with Crippen molar-refractivity contribution in [2.45, 2.75) is 80.6 Å². The smallest absolute Gasteiger partial charge is 0.0414 e. The van der Waals surface area contributed by atoms with Crippen molar-refractivity contribution in [1.29, 1.82) is 0 Å². The van der Waals surface area contributed by atoms with E-state index in [2.05, 4.69) is 48.5 Å². The van der Waals surface area contributed by atoms with Gasteiger partial charge >= 0.3 is 0 Å². The van der Waals surface area contributed by atoms with Gasteiger partial charge in [-0.1, -0.05) is 67.7 Å². The summed E-state index contributed by atoms with van der Waals surface area (Å²) in [5.74, 6) is 4.47. The summed E-state index contributed by atoms with van der Waals surface area (Å²) in [6.07, 6.45) is 6.98.